The van der Waals surface area contributed by atoms with Crippen LogP contribution in [-0.2, 0) is 19.6 Å². The molecule has 0 radical (unpaired) electrons. The Morgan fingerprint density at radius 3 is 2.46 bits per heavy atom. The van der Waals surface area contributed by atoms with Crippen molar-refractivity contribution in [2.24, 2.45) is 0 Å². The van der Waals surface area contributed by atoms with Crippen LogP contribution < -0.4 is 10.0 Å². The first-order valence-corrected chi connectivity index (χ1v) is 8.36. The maximum absolute atomic E-state index is 12.0. The molecule has 0 aliphatic rings. The van der Waals surface area contributed by atoms with Gasteiger partial charge in [-0.2, -0.15) is 4.72 Å². The van der Waals surface area contributed by atoms with E-state index in [1.54, 1.807) is 0 Å². The zero-order valence-electron chi connectivity index (χ0n) is 13.0. The van der Waals surface area contributed by atoms with Crippen LogP contribution in [0.3, 0.4) is 0 Å². The number of sulfonamides is 1. The largest absolute Gasteiger partial charge is 0.480 e. The second-order valence-electron chi connectivity index (χ2n) is 4.70. The van der Waals surface area contributed by atoms with Crippen molar-refractivity contribution < 1.29 is 27.9 Å². The predicted molar refractivity (Wildman–Crippen MR) is 85.8 cm³/mol. The molecule has 0 heterocycles. The van der Waals surface area contributed by atoms with Crippen LogP contribution >= 0.6 is 0 Å². The Hall–Kier alpha value is -2.41. The number of hydrogen-bond acceptors (Lipinski definition) is 5. The highest BCUT2D eigenvalue weighted by Crippen LogP contribution is 2.11. The summed E-state index contributed by atoms with van der Waals surface area (Å²) in [6.07, 6.45) is 5.11. The lowest BCUT2D eigenvalue weighted by molar-refractivity contribution is -0.139. The molecule has 1 aromatic rings. The minimum atomic E-state index is -3.75. The fraction of sp³-hybridized carbons (Fsp3) is 0.333. The number of nitrogens with one attached hydrogen (secondary N) is 2. The average molecular weight is 354 g/mol. The van der Waals surface area contributed by atoms with E-state index in [1.807, 2.05) is 0 Å². The van der Waals surface area contributed by atoms with E-state index in [-0.39, 0.29) is 30.0 Å². The molecule has 9 heteroatoms. The Labute approximate surface area is 140 Å². The molecule has 1 unspecified atom stereocenters. The van der Waals surface area contributed by atoms with Crippen LogP contribution in [0.5, 0.6) is 0 Å². The normalized spacial score (nSPS) is 12.2. The van der Waals surface area contributed by atoms with Crippen molar-refractivity contribution in [2.75, 3.05) is 20.3 Å². The van der Waals surface area contributed by atoms with Crippen molar-refractivity contribution in [1.29, 1.82) is 0 Å². The van der Waals surface area contributed by atoms with Gasteiger partial charge in [0.25, 0.3) is 5.91 Å². The summed E-state index contributed by atoms with van der Waals surface area (Å²) in [6, 6.07) is 3.94. The zero-order chi connectivity index (χ0) is 18.2. The average Bonchev–Trinajstić information content (AvgIpc) is 2.56. The Morgan fingerprint density at radius 2 is 1.96 bits per heavy atom. The van der Waals surface area contributed by atoms with Gasteiger partial charge in [0.05, 0.1) is 11.4 Å². The molecule has 3 N–H and O–H groups in total. The number of rotatable bonds is 9. The molecule has 0 saturated carbocycles. The van der Waals surface area contributed by atoms with Crippen LogP contribution in [0, 0.1) is 12.3 Å². The third kappa shape index (κ3) is 5.66. The van der Waals surface area contributed by atoms with E-state index in [9.17, 15) is 18.0 Å². The number of amides is 1. The van der Waals surface area contributed by atoms with Gasteiger partial charge in [0.1, 0.15) is 6.04 Å². The van der Waals surface area contributed by atoms with E-state index < -0.39 is 27.9 Å². The molecule has 0 aromatic heterocycles. The summed E-state index contributed by atoms with van der Waals surface area (Å²) in [5.41, 5.74) is 0.134. The third-order valence-electron chi connectivity index (χ3n) is 3.01. The topological polar surface area (TPSA) is 122 Å². The number of ether oxygens (including phenoxy) is 1. The van der Waals surface area contributed by atoms with E-state index in [1.165, 1.54) is 31.4 Å². The number of methoxy groups -OCH3 is 1. The molecule has 1 amide bonds. The molecule has 0 aliphatic carbocycles. The van der Waals surface area contributed by atoms with Gasteiger partial charge in [0.2, 0.25) is 10.0 Å². The fourth-order valence-electron chi connectivity index (χ4n) is 1.74. The Morgan fingerprint density at radius 1 is 1.33 bits per heavy atom. The Kier molecular flexibility index (Phi) is 7.38. The maximum Gasteiger partial charge on any atom is 0.326 e. The van der Waals surface area contributed by atoms with Crippen molar-refractivity contribution in [1.82, 2.24) is 10.0 Å². The first-order chi connectivity index (χ1) is 11.3. The number of carboxylic acids is 1. The summed E-state index contributed by atoms with van der Waals surface area (Å²) in [4.78, 5) is 23.1. The van der Waals surface area contributed by atoms with Crippen molar-refractivity contribution in [3.63, 3.8) is 0 Å². The predicted octanol–water partition coefficient (Wildman–Crippen LogP) is -0.182. The summed E-state index contributed by atoms with van der Waals surface area (Å²) < 4.78 is 30.7. The second-order valence-corrected chi connectivity index (χ2v) is 6.47. The first kappa shape index (κ1) is 19.6. The molecule has 130 valence electrons. The van der Waals surface area contributed by atoms with Crippen LogP contribution in [0.2, 0.25) is 0 Å². The van der Waals surface area contributed by atoms with Crippen molar-refractivity contribution in [2.45, 2.75) is 17.4 Å². The SMILES string of the molecule is C#CCNS(=O)(=O)c1ccc(C(=O)NC(CCOC)C(=O)O)cc1. The van der Waals surface area contributed by atoms with Gasteiger partial charge in [-0.1, -0.05) is 5.92 Å². The standard InChI is InChI=1S/C15H18N2O6S/c1-3-9-16-24(21,22)12-6-4-11(5-7-12)14(18)17-13(15(19)20)8-10-23-2/h1,4-7,13,16H,8-10H2,2H3,(H,17,18)(H,19,20). The lowest BCUT2D eigenvalue weighted by Gasteiger charge is -2.14. The molecule has 8 nitrogen and oxygen atoms in total. The molecule has 0 fully saturated rings. The van der Waals surface area contributed by atoms with Crippen LogP contribution in [0.25, 0.3) is 0 Å². The molecule has 0 spiro atoms. The van der Waals surface area contributed by atoms with E-state index >= 15 is 0 Å². The number of benzene rings is 1. The molecule has 24 heavy (non-hydrogen) atoms. The van der Waals surface area contributed by atoms with Crippen LogP contribution in [-0.4, -0.2) is 51.7 Å². The number of carboxylic acid groups (broad SMARTS) is 1. The number of carbonyl (C=O) groups is 2. The summed E-state index contributed by atoms with van der Waals surface area (Å²) in [5, 5.41) is 11.4. The van der Waals surface area contributed by atoms with Gasteiger partial charge in [-0.15, -0.1) is 6.42 Å². The second kappa shape index (κ2) is 9.02. The number of aliphatic carboxylic acids is 1. The van der Waals surface area contributed by atoms with Gasteiger partial charge < -0.3 is 15.2 Å². The molecule has 0 saturated heterocycles. The molecular formula is C15H18N2O6S. The number of carbonyl (C=O) groups excluding carboxylic acids is 1. The molecule has 0 bridgehead atoms. The van der Waals surface area contributed by atoms with Crippen molar-refractivity contribution in [3.8, 4) is 12.3 Å². The zero-order valence-corrected chi connectivity index (χ0v) is 13.8. The summed E-state index contributed by atoms with van der Waals surface area (Å²) in [6.45, 7) is 0.0274. The number of hydrogen-bond donors (Lipinski definition) is 3. The van der Waals surface area contributed by atoms with Gasteiger partial charge in [0.15, 0.2) is 0 Å². The minimum absolute atomic E-state index is 0.0523. The summed E-state index contributed by atoms with van der Waals surface area (Å²) in [5.74, 6) is 0.344. The van der Waals surface area contributed by atoms with E-state index in [2.05, 4.69) is 16.0 Å². The molecule has 1 aromatic carbocycles. The van der Waals surface area contributed by atoms with E-state index in [4.69, 9.17) is 16.3 Å². The summed E-state index contributed by atoms with van der Waals surface area (Å²) >= 11 is 0. The fourth-order valence-corrected chi connectivity index (χ4v) is 2.67. The van der Waals surface area contributed by atoms with Gasteiger partial charge >= 0.3 is 5.97 Å². The molecule has 0 aliphatic heterocycles. The highest BCUT2D eigenvalue weighted by Gasteiger charge is 2.21. The molecule has 1 rings (SSSR count). The highest BCUT2D eigenvalue weighted by molar-refractivity contribution is 7.89. The minimum Gasteiger partial charge on any atom is -0.480 e. The van der Waals surface area contributed by atoms with Gasteiger partial charge in [-0.05, 0) is 24.3 Å². The van der Waals surface area contributed by atoms with Gasteiger partial charge in [0, 0.05) is 25.7 Å². The number of terminal acetylenes is 1. The van der Waals surface area contributed by atoms with Gasteiger partial charge in [-0.25, -0.2) is 13.2 Å². The van der Waals surface area contributed by atoms with Crippen LogP contribution in [0.1, 0.15) is 16.8 Å². The molecular weight excluding hydrogens is 336 g/mol. The monoisotopic (exact) mass is 354 g/mol. The van der Waals surface area contributed by atoms with Gasteiger partial charge in [-0.3, -0.25) is 4.79 Å². The molecule has 1 atom stereocenters. The van der Waals surface area contributed by atoms with E-state index in [0.717, 1.165) is 0 Å². The van der Waals surface area contributed by atoms with E-state index in [0.29, 0.717) is 0 Å². The third-order valence-corrected chi connectivity index (χ3v) is 4.42. The lowest BCUT2D eigenvalue weighted by Crippen LogP contribution is -2.41. The first-order valence-electron chi connectivity index (χ1n) is 6.87. The Bertz CT molecular complexity index is 721. The Balaban J connectivity index is 2.83. The van der Waals surface area contributed by atoms with Crippen LogP contribution in [0.4, 0.5) is 0 Å². The lowest BCUT2D eigenvalue weighted by atomic mass is 10.1. The van der Waals surface area contributed by atoms with Crippen molar-refractivity contribution in [3.05, 3.63) is 29.8 Å². The summed E-state index contributed by atoms with van der Waals surface area (Å²) in [7, 11) is -2.32. The maximum atomic E-state index is 12.0. The smallest absolute Gasteiger partial charge is 0.326 e. The quantitative estimate of drug-likeness (QED) is 0.529. The van der Waals surface area contributed by atoms with Crippen molar-refractivity contribution >= 4 is 21.9 Å². The highest BCUT2D eigenvalue weighted by atomic mass is 32.2. The van der Waals surface area contributed by atoms with Crippen LogP contribution in [0.15, 0.2) is 29.2 Å².